The fraction of sp³-hybridized carbons (Fsp3) is 0. The number of carboxylic acid groups (broad SMARTS) is 1. The van der Waals surface area contributed by atoms with Gasteiger partial charge in [-0.1, -0.05) is 42.5 Å². The van der Waals surface area contributed by atoms with Gasteiger partial charge in [-0.05, 0) is 48.5 Å². The van der Waals surface area contributed by atoms with Crippen LogP contribution >= 0.6 is 0 Å². The van der Waals surface area contributed by atoms with Crippen molar-refractivity contribution in [1.29, 1.82) is 0 Å². The molecular formula is C25H17NO5. The summed E-state index contributed by atoms with van der Waals surface area (Å²) < 4.78 is 5.26. The summed E-state index contributed by atoms with van der Waals surface area (Å²) in [5.74, 6) is -1.27. The lowest BCUT2D eigenvalue weighted by Crippen LogP contribution is -2.12. The summed E-state index contributed by atoms with van der Waals surface area (Å²) >= 11 is 0. The third kappa shape index (κ3) is 4.43. The Hall–Kier alpha value is -4.45. The van der Waals surface area contributed by atoms with Gasteiger partial charge in [0.05, 0.1) is 0 Å². The summed E-state index contributed by atoms with van der Waals surface area (Å²) in [4.78, 5) is 35.9. The lowest BCUT2D eigenvalue weighted by Gasteiger charge is -2.07. The highest BCUT2D eigenvalue weighted by atomic mass is 16.4. The molecule has 6 heteroatoms. The van der Waals surface area contributed by atoms with Crippen LogP contribution in [-0.4, -0.2) is 22.8 Å². The summed E-state index contributed by atoms with van der Waals surface area (Å²) in [5, 5.41) is 11.7. The first-order valence-corrected chi connectivity index (χ1v) is 9.46. The van der Waals surface area contributed by atoms with Gasteiger partial charge in [-0.25, -0.2) is 4.79 Å². The van der Waals surface area contributed by atoms with Crippen LogP contribution in [-0.2, 0) is 0 Å². The quantitative estimate of drug-likeness (QED) is 0.429. The first-order chi connectivity index (χ1) is 15.0. The lowest BCUT2D eigenvalue weighted by atomic mass is 10.0. The van der Waals surface area contributed by atoms with Crippen molar-refractivity contribution in [3.8, 4) is 11.3 Å². The highest BCUT2D eigenvalue weighted by Gasteiger charge is 2.12. The van der Waals surface area contributed by atoms with E-state index in [0.717, 1.165) is 0 Å². The van der Waals surface area contributed by atoms with Crippen LogP contribution in [0.4, 0.5) is 5.69 Å². The number of carbonyl (C=O) groups is 3. The number of nitrogens with one attached hydrogen (secondary N) is 1. The molecule has 0 aliphatic rings. The second-order valence-corrected chi connectivity index (χ2v) is 6.77. The van der Waals surface area contributed by atoms with E-state index in [1.807, 2.05) is 18.2 Å². The molecule has 0 saturated heterocycles. The second kappa shape index (κ2) is 8.51. The number of hydrogen-bond acceptors (Lipinski definition) is 4. The van der Waals surface area contributed by atoms with Crippen LogP contribution in [0.5, 0.6) is 0 Å². The van der Waals surface area contributed by atoms with Gasteiger partial charge < -0.3 is 14.8 Å². The molecule has 0 saturated carbocycles. The molecule has 0 aliphatic carbocycles. The predicted molar refractivity (Wildman–Crippen MR) is 115 cm³/mol. The number of ketones is 1. The molecule has 0 radical (unpaired) electrons. The van der Waals surface area contributed by atoms with Gasteiger partial charge >= 0.3 is 5.97 Å². The van der Waals surface area contributed by atoms with Crippen molar-refractivity contribution in [1.82, 2.24) is 0 Å². The van der Waals surface area contributed by atoms with Crippen molar-refractivity contribution >= 4 is 23.3 Å². The zero-order valence-corrected chi connectivity index (χ0v) is 16.2. The minimum Gasteiger partial charge on any atom is -0.475 e. The summed E-state index contributed by atoms with van der Waals surface area (Å²) in [6.07, 6.45) is 0. The maximum absolute atomic E-state index is 12.5. The van der Waals surface area contributed by atoms with E-state index in [1.165, 1.54) is 6.07 Å². The van der Waals surface area contributed by atoms with Crippen molar-refractivity contribution in [2.24, 2.45) is 0 Å². The monoisotopic (exact) mass is 411 g/mol. The van der Waals surface area contributed by atoms with Crippen LogP contribution < -0.4 is 5.32 Å². The molecule has 6 nitrogen and oxygen atoms in total. The van der Waals surface area contributed by atoms with Gasteiger partial charge in [-0.2, -0.15) is 0 Å². The van der Waals surface area contributed by atoms with E-state index < -0.39 is 5.97 Å². The number of amides is 1. The van der Waals surface area contributed by atoms with Crippen LogP contribution in [0.15, 0.2) is 95.4 Å². The van der Waals surface area contributed by atoms with Crippen molar-refractivity contribution in [3.63, 3.8) is 0 Å². The fourth-order valence-electron chi connectivity index (χ4n) is 3.06. The predicted octanol–water partition coefficient (Wildman–Crippen LogP) is 5.13. The molecule has 0 fully saturated rings. The number of aromatic carboxylic acids is 1. The van der Waals surface area contributed by atoms with Gasteiger partial charge in [0.1, 0.15) is 5.76 Å². The van der Waals surface area contributed by atoms with E-state index in [4.69, 9.17) is 9.52 Å². The molecule has 31 heavy (non-hydrogen) atoms. The minimum atomic E-state index is -1.14. The van der Waals surface area contributed by atoms with Crippen molar-refractivity contribution in [2.75, 3.05) is 5.32 Å². The molecule has 0 bridgehead atoms. The maximum Gasteiger partial charge on any atom is 0.371 e. The van der Waals surface area contributed by atoms with Gasteiger partial charge in [-0.3, -0.25) is 9.59 Å². The summed E-state index contributed by atoms with van der Waals surface area (Å²) in [5.41, 5.74) is 2.79. The first-order valence-electron chi connectivity index (χ1n) is 9.46. The maximum atomic E-state index is 12.5. The SMILES string of the molecule is O=C(Nc1ccc(C(=O)c2ccccc2)cc1)c1ccc(-c2ccc(C(=O)O)o2)cc1. The van der Waals surface area contributed by atoms with E-state index in [-0.39, 0.29) is 17.5 Å². The highest BCUT2D eigenvalue weighted by molar-refractivity contribution is 6.09. The van der Waals surface area contributed by atoms with Gasteiger partial charge in [0, 0.05) is 27.9 Å². The Kier molecular flexibility index (Phi) is 5.45. The zero-order chi connectivity index (χ0) is 21.8. The van der Waals surface area contributed by atoms with Crippen molar-refractivity contribution in [2.45, 2.75) is 0 Å². The van der Waals surface area contributed by atoms with Crippen molar-refractivity contribution in [3.05, 3.63) is 113 Å². The number of rotatable bonds is 6. The number of carboxylic acids is 1. The average Bonchev–Trinajstić information content (AvgIpc) is 3.31. The van der Waals surface area contributed by atoms with E-state index >= 15 is 0 Å². The van der Waals surface area contributed by atoms with Crippen LogP contribution in [0.2, 0.25) is 0 Å². The molecule has 0 unspecified atom stereocenters. The van der Waals surface area contributed by atoms with Gasteiger partial charge in [0.15, 0.2) is 5.78 Å². The molecule has 152 valence electrons. The Morgan fingerprint density at radius 1 is 0.677 bits per heavy atom. The molecule has 3 aromatic carbocycles. The Morgan fingerprint density at radius 3 is 1.90 bits per heavy atom. The van der Waals surface area contributed by atoms with E-state index in [1.54, 1.807) is 66.7 Å². The average molecular weight is 411 g/mol. The van der Waals surface area contributed by atoms with E-state index in [2.05, 4.69) is 5.32 Å². The number of carbonyl (C=O) groups excluding carboxylic acids is 2. The summed E-state index contributed by atoms with van der Waals surface area (Å²) in [6, 6.07) is 25.2. The van der Waals surface area contributed by atoms with Crippen LogP contribution in [0.3, 0.4) is 0 Å². The molecule has 1 amide bonds. The molecular weight excluding hydrogens is 394 g/mol. The third-order valence-corrected chi connectivity index (χ3v) is 4.69. The summed E-state index contributed by atoms with van der Waals surface area (Å²) in [6.45, 7) is 0. The molecule has 0 atom stereocenters. The normalized spacial score (nSPS) is 10.5. The number of benzene rings is 3. The zero-order valence-electron chi connectivity index (χ0n) is 16.2. The van der Waals surface area contributed by atoms with Crippen LogP contribution in [0.1, 0.15) is 36.8 Å². The molecule has 0 aliphatic heterocycles. The molecule has 2 N–H and O–H groups in total. The lowest BCUT2D eigenvalue weighted by molar-refractivity contribution is 0.0663. The molecule has 4 rings (SSSR count). The largest absolute Gasteiger partial charge is 0.475 e. The highest BCUT2D eigenvalue weighted by Crippen LogP contribution is 2.23. The molecule has 1 aromatic heterocycles. The minimum absolute atomic E-state index is 0.0851. The van der Waals surface area contributed by atoms with Crippen molar-refractivity contribution < 1.29 is 23.9 Å². The Balaban J connectivity index is 1.43. The second-order valence-electron chi connectivity index (χ2n) is 6.77. The van der Waals surface area contributed by atoms with Gasteiger partial charge in [0.2, 0.25) is 5.76 Å². The smallest absolute Gasteiger partial charge is 0.371 e. The molecule has 4 aromatic rings. The van der Waals surface area contributed by atoms with Gasteiger partial charge in [0.25, 0.3) is 5.91 Å². The number of furan rings is 1. The van der Waals surface area contributed by atoms with Crippen LogP contribution in [0.25, 0.3) is 11.3 Å². The fourth-order valence-corrected chi connectivity index (χ4v) is 3.06. The molecule has 0 spiro atoms. The van der Waals surface area contributed by atoms with E-state index in [9.17, 15) is 14.4 Å². The topological polar surface area (TPSA) is 96.6 Å². The third-order valence-electron chi connectivity index (χ3n) is 4.69. The Bertz CT molecular complexity index is 1240. The van der Waals surface area contributed by atoms with Gasteiger partial charge in [-0.15, -0.1) is 0 Å². The standard InChI is InChI=1S/C25H17NO5/c27-23(17-4-2-1-3-5-17)18-10-12-20(13-11-18)26-24(28)19-8-6-16(7-9-19)21-14-15-22(31-21)25(29)30/h1-15H,(H,26,28)(H,29,30). The van der Waals surface area contributed by atoms with E-state index in [0.29, 0.717) is 33.7 Å². The Morgan fingerprint density at radius 2 is 1.29 bits per heavy atom. The Labute approximate surface area is 177 Å². The number of hydrogen-bond donors (Lipinski definition) is 2. The first kappa shape index (κ1) is 19.8. The van der Waals surface area contributed by atoms with Crippen LogP contribution in [0, 0.1) is 0 Å². The number of anilines is 1. The summed E-state index contributed by atoms with van der Waals surface area (Å²) in [7, 11) is 0. The molecule has 1 heterocycles.